The van der Waals surface area contributed by atoms with E-state index in [1.165, 1.54) is 0 Å². The number of nitrogens with zero attached hydrogens (tertiary/aromatic N) is 1. The van der Waals surface area contributed by atoms with Crippen LogP contribution in [0.5, 0.6) is 0 Å². The Kier molecular flexibility index (Phi) is 5.49. The normalized spacial score (nSPS) is 11.5. The number of hydrogen-bond acceptors (Lipinski definition) is 4. The van der Waals surface area contributed by atoms with Crippen LogP contribution in [0.4, 0.5) is 0 Å². The molecule has 0 N–H and O–H groups in total. The maximum atomic E-state index is 12.4. The summed E-state index contributed by atoms with van der Waals surface area (Å²) in [5.41, 5.74) is 1.50. The number of ether oxygens (including phenoxy) is 1. The molecule has 0 aliphatic carbocycles. The van der Waals surface area contributed by atoms with E-state index in [0.29, 0.717) is 0 Å². The van der Waals surface area contributed by atoms with Gasteiger partial charge >= 0.3 is 5.97 Å². The first-order valence-electron chi connectivity index (χ1n) is 9.23. The van der Waals surface area contributed by atoms with E-state index in [0.717, 1.165) is 27.3 Å². The van der Waals surface area contributed by atoms with Gasteiger partial charge in [-0.3, -0.25) is 9.59 Å². The first-order valence-corrected chi connectivity index (χ1v) is 9.23. The quantitative estimate of drug-likeness (QED) is 0.609. The fourth-order valence-corrected chi connectivity index (χ4v) is 3.60. The van der Waals surface area contributed by atoms with Gasteiger partial charge in [-0.15, -0.1) is 0 Å². The lowest BCUT2D eigenvalue weighted by Crippen LogP contribution is -2.44. The molecule has 0 saturated carbocycles. The summed E-state index contributed by atoms with van der Waals surface area (Å²) in [7, 11) is 0. The summed E-state index contributed by atoms with van der Waals surface area (Å²) in [6, 6.07) is 12.0. The zero-order chi connectivity index (χ0) is 19.6. The van der Waals surface area contributed by atoms with Crippen molar-refractivity contribution in [2.45, 2.75) is 46.2 Å². The molecule has 3 rings (SSSR count). The Labute approximate surface area is 158 Å². The molecule has 0 radical (unpaired) electrons. The SMILES string of the molecule is CC(C)N(C(=O)COC(=O)Cc1coc2ccc3ccccc3c12)C(C)C. The van der Waals surface area contributed by atoms with E-state index in [1.807, 2.05) is 64.1 Å². The summed E-state index contributed by atoms with van der Waals surface area (Å²) in [5, 5.41) is 3.04. The zero-order valence-electron chi connectivity index (χ0n) is 16.2. The second kappa shape index (κ2) is 7.82. The third kappa shape index (κ3) is 3.97. The molecule has 1 aromatic heterocycles. The lowest BCUT2D eigenvalue weighted by Gasteiger charge is -2.30. The molecule has 0 saturated heterocycles. The number of carbonyl (C=O) groups is 2. The van der Waals surface area contributed by atoms with Crippen molar-refractivity contribution < 1.29 is 18.7 Å². The smallest absolute Gasteiger partial charge is 0.310 e. The van der Waals surface area contributed by atoms with Gasteiger partial charge < -0.3 is 14.1 Å². The second-order valence-corrected chi connectivity index (χ2v) is 7.25. The van der Waals surface area contributed by atoms with Crippen LogP contribution in [0.1, 0.15) is 33.3 Å². The van der Waals surface area contributed by atoms with Crippen molar-refractivity contribution in [3.8, 4) is 0 Å². The predicted octanol–water partition coefficient (Wildman–Crippen LogP) is 4.32. The molecule has 0 bridgehead atoms. The summed E-state index contributed by atoms with van der Waals surface area (Å²) in [6.07, 6.45) is 1.66. The molecule has 0 atom stereocenters. The highest BCUT2D eigenvalue weighted by molar-refractivity contribution is 6.08. The molecular formula is C22H25NO4. The molecule has 1 amide bonds. The van der Waals surface area contributed by atoms with Gasteiger partial charge in [-0.2, -0.15) is 0 Å². The van der Waals surface area contributed by atoms with Crippen LogP contribution < -0.4 is 0 Å². The Balaban J connectivity index is 1.73. The highest BCUT2D eigenvalue weighted by Gasteiger charge is 2.22. The largest absolute Gasteiger partial charge is 0.464 e. The van der Waals surface area contributed by atoms with Crippen LogP contribution in [0.3, 0.4) is 0 Å². The fraction of sp³-hybridized carbons (Fsp3) is 0.364. The van der Waals surface area contributed by atoms with E-state index < -0.39 is 5.97 Å². The molecular weight excluding hydrogens is 342 g/mol. The maximum Gasteiger partial charge on any atom is 0.310 e. The second-order valence-electron chi connectivity index (χ2n) is 7.25. The van der Waals surface area contributed by atoms with E-state index in [9.17, 15) is 9.59 Å². The molecule has 5 nitrogen and oxygen atoms in total. The number of hydrogen-bond donors (Lipinski definition) is 0. The van der Waals surface area contributed by atoms with Crippen LogP contribution in [0.2, 0.25) is 0 Å². The van der Waals surface area contributed by atoms with Gasteiger partial charge in [0.15, 0.2) is 6.61 Å². The maximum absolute atomic E-state index is 12.4. The highest BCUT2D eigenvalue weighted by Crippen LogP contribution is 2.30. The lowest BCUT2D eigenvalue weighted by molar-refractivity contribution is -0.153. The first-order chi connectivity index (χ1) is 12.9. The van der Waals surface area contributed by atoms with E-state index in [4.69, 9.17) is 9.15 Å². The molecule has 142 valence electrons. The van der Waals surface area contributed by atoms with Gasteiger partial charge in [-0.05, 0) is 44.5 Å². The van der Waals surface area contributed by atoms with Crippen LogP contribution >= 0.6 is 0 Å². The van der Waals surface area contributed by atoms with Gasteiger partial charge in [0.25, 0.3) is 5.91 Å². The zero-order valence-corrected chi connectivity index (χ0v) is 16.2. The summed E-state index contributed by atoms with van der Waals surface area (Å²) >= 11 is 0. The third-order valence-corrected chi connectivity index (χ3v) is 4.63. The third-order valence-electron chi connectivity index (χ3n) is 4.63. The van der Waals surface area contributed by atoms with Gasteiger partial charge in [0, 0.05) is 23.0 Å². The van der Waals surface area contributed by atoms with E-state index in [-0.39, 0.29) is 31.0 Å². The number of esters is 1. The van der Waals surface area contributed by atoms with Gasteiger partial charge in [-0.1, -0.05) is 30.3 Å². The number of benzene rings is 2. The standard InChI is InChI=1S/C22H25NO4/c1-14(2)23(15(3)4)20(24)13-27-21(25)11-17-12-26-19-10-9-16-7-5-6-8-18(16)22(17)19/h5-10,12,14-15H,11,13H2,1-4H3. The Morgan fingerprint density at radius 3 is 2.44 bits per heavy atom. The summed E-state index contributed by atoms with van der Waals surface area (Å²) in [5.74, 6) is -0.623. The number of amides is 1. The average Bonchev–Trinajstić information content (AvgIpc) is 3.02. The van der Waals surface area contributed by atoms with Crippen molar-refractivity contribution in [1.82, 2.24) is 4.90 Å². The number of carbonyl (C=O) groups excluding carboxylic acids is 2. The number of fused-ring (bicyclic) bond motifs is 3. The number of rotatable bonds is 6. The molecule has 2 aromatic carbocycles. The fourth-order valence-electron chi connectivity index (χ4n) is 3.60. The van der Waals surface area contributed by atoms with Crippen molar-refractivity contribution >= 4 is 33.6 Å². The Hall–Kier alpha value is -2.82. The molecule has 0 spiro atoms. The van der Waals surface area contributed by atoms with Crippen LogP contribution in [-0.4, -0.2) is 35.5 Å². The Bertz CT molecular complexity index is 963. The molecule has 3 aromatic rings. The van der Waals surface area contributed by atoms with E-state index >= 15 is 0 Å². The molecule has 5 heteroatoms. The number of furan rings is 1. The molecule has 27 heavy (non-hydrogen) atoms. The summed E-state index contributed by atoms with van der Waals surface area (Å²) in [6.45, 7) is 7.54. The van der Waals surface area contributed by atoms with Gasteiger partial charge in [0.2, 0.25) is 0 Å². The van der Waals surface area contributed by atoms with E-state index in [2.05, 4.69) is 0 Å². The summed E-state index contributed by atoms with van der Waals surface area (Å²) in [4.78, 5) is 26.4. The molecule has 0 fully saturated rings. The average molecular weight is 367 g/mol. The first kappa shape index (κ1) is 19.0. The van der Waals surface area contributed by atoms with Crippen molar-refractivity contribution in [2.75, 3.05) is 6.61 Å². The van der Waals surface area contributed by atoms with Crippen molar-refractivity contribution in [3.63, 3.8) is 0 Å². The molecule has 0 aliphatic rings. The lowest BCUT2D eigenvalue weighted by atomic mass is 10.0. The molecule has 1 heterocycles. The molecule has 0 aliphatic heterocycles. The van der Waals surface area contributed by atoms with Crippen LogP contribution in [0.15, 0.2) is 47.1 Å². The van der Waals surface area contributed by atoms with Gasteiger partial charge in [0.05, 0.1) is 12.7 Å². The minimum Gasteiger partial charge on any atom is -0.464 e. The van der Waals surface area contributed by atoms with Crippen molar-refractivity contribution in [1.29, 1.82) is 0 Å². The van der Waals surface area contributed by atoms with E-state index in [1.54, 1.807) is 11.2 Å². The molecule has 0 unspecified atom stereocenters. The Morgan fingerprint density at radius 2 is 1.74 bits per heavy atom. The van der Waals surface area contributed by atoms with Gasteiger partial charge in [-0.25, -0.2) is 0 Å². The highest BCUT2D eigenvalue weighted by atomic mass is 16.5. The van der Waals surface area contributed by atoms with Gasteiger partial charge in [0.1, 0.15) is 5.58 Å². The van der Waals surface area contributed by atoms with Crippen LogP contribution in [-0.2, 0) is 20.7 Å². The van der Waals surface area contributed by atoms with Crippen LogP contribution in [0.25, 0.3) is 21.7 Å². The Morgan fingerprint density at radius 1 is 1.04 bits per heavy atom. The predicted molar refractivity (Wildman–Crippen MR) is 106 cm³/mol. The van der Waals surface area contributed by atoms with Crippen LogP contribution in [0, 0.1) is 0 Å². The minimum atomic E-state index is -0.438. The summed E-state index contributed by atoms with van der Waals surface area (Å²) < 4.78 is 10.8. The minimum absolute atomic E-state index is 0.0559. The van der Waals surface area contributed by atoms with Crippen molar-refractivity contribution in [2.24, 2.45) is 0 Å². The monoisotopic (exact) mass is 367 g/mol. The van der Waals surface area contributed by atoms with Crippen molar-refractivity contribution in [3.05, 3.63) is 48.2 Å². The topological polar surface area (TPSA) is 59.8 Å².